The van der Waals surface area contributed by atoms with Gasteiger partial charge in [0.1, 0.15) is 21.3 Å². The first-order valence-corrected chi connectivity index (χ1v) is 5.92. The monoisotopic (exact) mass is 282 g/mol. The molecule has 1 heterocycles. The number of aromatic nitrogens is 2. The molecule has 1 aromatic carbocycles. The zero-order valence-electron chi connectivity index (χ0n) is 9.86. The molecule has 0 saturated heterocycles. The minimum atomic E-state index is 0.337. The molecule has 1 aromatic heterocycles. The number of hydrogen-bond acceptors (Lipinski definition) is 4. The van der Waals surface area contributed by atoms with Crippen molar-refractivity contribution in [1.82, 2.24) is 10.2 Å². The van der Waals surface area contributed by atoms with E-state index in [-0.39, 0.29) is 0 Å². The van der Waals surface area contributed by atoms with Crippen molar-refractivity contribution in [1.29, 1.82) is 0 Å². The number of aromatic amines is 1. The van der Waals surface area contributed by atoms with Crippen molar-refractivity contribution < 1.29 is 9.47 Å². The van der Waals surface area contributed by atoms with E-state index in [0.29, 0.717) is 21.3 Å². The lowest BCUT2D eigenvalue weighted by atomic mass is 10.1. The van der Waals surface area contributed by atoms with E-state index in [0.717, 1.165) is 11.1 Å². The third-order valence-corrected chi connectivity index (χ3v) is 2.97. The molecule has 0 amide bonds. The molecular weight excluding hydrogens is 272 g/mol. The lowest BCUT2D eigenvalue weighted by molar-refractivity contribution is 0.404. The van der Waals surface area contributed by atoms with Crippen LogP contribution in [0.4, 0.5) is 0 Å². The van der Waals surface area contributed by atoms with Gasteiger partial charge < -0.3 is 9.47 Å². The Balaban J connectivity index is 2.68. The molecule has 6 heteroatoms. The number of nitrogens with zero attached hydrogens (tertiary/aromatic N) is 1. The maximum Gasteiger partial charge on any atom is 0.150 e. The zero-order chi connectivity index (χ0) is 13.1. The van der Waals surface area contributed by atoms with Crippen molar-refractivity contribution >= 4 is 23.8 Å². The summed E-state index contributed by atoms with van der Waals surface area (Å²) < 4.78 is 11.0. The molecule has 2 aromatic rings. The summed E-state index contributed by atoms with van der Waals surface area (Å²) in [5.41, 5.74) is 1.56. The normalized spacial score (nSPS) is 10.2. The van der Waals surface area contributed by atoms with Crippen LogP contribution in [0.1, 0.15) is 0 Å². The Morgan fingerprint density at radius 2 is 1.94 bits per heavy atom. The van der Waals surface area contributed by atoms with Gasteiger partial charge in [-0.15, -0.1) is 0 Å². The van der Waals surface area contributed by atoms with Gasteiger partial charge in [0.2, 0.25) is 0 Å². The fourth-order valence-electron chi connectivity index (χ4n) is 1.61. The summed E-state index contributed by atoms with van der Waals surface area (Å²) in [7, 11) is 3.20. The Morgan fingerprint density at radius 1 is 1.17 bits per heavy atom. The van der Waals surface area contributed by atoms with Crippen LogP contribution in [-0.4, -0.2) is 24.4 Å². The summed E-state index contributed by atoms with van der Waals surface area (Å²) >= 11 is 11.1. The van der Waals surface area contributed by atoms with E-state index in [1.54, 1.807) is 20.3 Å². The molecule has 0 radical (unpaired) electrons. The van der Waals surface area contributed by atoms with Gasteiger partial charge in [-0.2, -0.15) is 5.10 Å². The molecule has 0 fully saturated rings. The lowest BCUT2D eigenvalue weighted by Gasteiger charge is -2.10. The zero-order valence-corrected chi connectivity index (χ0v) is 11.4. The Labute approximate surface area is 115 Å². The number of H-pyrrole nitrogens is 1. The molecule has 0 aliphatic carbocycles. The van der Waals surface area contributed by atoms with Gasteiger partial charge in [0.25, 0.3) is 0 Å². The van der Waals surface area contributed by atoms with Crippen LogP contribution in [0, 0.1) is 4.64 Å². The second kappa shape index (κ2) is 5.37. The van der Waals surface area contributed by atoms with E-state index in [4.69, 9.17) is 33.3 Å². The molecule has 0 saturated carbocycles. The second-order valence-electron chi connectivity index (χ2n) is 3.50. The van der Waals surface area contributed by atoms with Crippen molar-refractivity contribution in [2.75, 3.05) is 14.2 Å². The minimum Gasteiger partial charge on any atom is -0.497 e. The largest absolute Gasteiger partial charge is 0.497 e. The predicted molar refractivity (Wildman–Crippen MR) is 73.0 cm³/mol. The van der Waals surface area contributed by atoms with Gasteiger partial charge in [0.05, 0.1) is 14.2 Å². The number of ether oxygens (including phenoxy) is 2. The topological polar surface area (TPSA) is 47.1 Å². The van der Waals surface area contributed by atoms with Crippen molar-refractivity contribution in [2.24, 2.45) is 0 Å². The Hall–Kier alpha value is -1.59. The van der Waals surface area contributed by atoms with E-state index in [9.17, 15) is 0 Å². The molecular formula is C12H11ClN2O2S. The first-order valence-electron chi connectivity index (χ1n) is 5.13. The predicted octanol–water partition coefficient (Wildman–Crippen LogP) is 3.48. The number of hydrogen-bond donors (Lipinski definition) is 1. The molecule has 0 aliphatic heterocycles. The standard InChI is InChI=1S/C12H11ClN2O2S/c1-16-7-3-4-10(17-2)8(5-7)9-6-11(13)14-15-12(9)18/h3-6H,1-2H3,(H,15,18). The third-order valence-electron chi connectivity index (χ3n) is 2.47. The fraction of sp³-hybridized carbons (Fsp3) is 0.167. The lowest BCUT2D eigenvalue weighted by Crippen LogP contribution is -1.93. The highest BCUT2D eigenvalue weighted by atomic mass is 35.5. The van der Waals surface area contributed by atoms with Crippen LogP contribution in [0.2, 0.25) is 5.15 Å². The summed E-state index contributed by atoms with van der Waals surface area (Å²) in [5.74, 6) is 1.41. The van der Waals surface area contributed by atoms with E-state index >= 15 is 0 Å². The third kappa shape index (κ3) is 2.47. The molecule has 94 valence electrons. The summed E-state index contributed by atoms with van der Waals surface area (Å²) in [6.07, 6.45) is 0. The highest BCUT2D eigenvalue weighted by Crippen LogP contribution is 2.34. The highest BCUT2D eigenvalue weighted by molar-refractivity contribution is 7.71. The van der Waals surface area contributed by atoms with Crippen molar-refractivity contribution in [3.63, 3.8) is 0 Å². The Kier molecular flexibility index (Phi) is 3.84. The van der Waals surface area contributed by atoms with Crippen LogP contribution in [0.5, 0.6) is 11.5 Å². The first kappa shape index (κ1) is 12.9. The maximum atomic E-state index is 5.88. The van der Waals surface area contributed by atoms with Crippen LogP contribution >= 0.6 is 23.8 Å². The van der Waals surface area contributed by atoms with E-state index < -0.39 is 0 Å². The molecule has 0 aliphatic rings. The molecule has 2 rings (SSSR count). The molecule has 0 unspecified atom stereocenters. The fourth-order valence-corrected chi connectivity index (χ4v) is 1.97. The van der Waals surface area contributed by atoms with Crippen molar-refractivity contribution in [3.8, 4) is 22.6 Å². The van der Waals surface area contributed by atoms with Gasteiger partial charge in [-0.3, -0.25) is 5.10 Å². The molecule has 4 nitrogen and oxygen atoms in total. The van der Waals surface area contributed by atoms with E-state index in [1.807, 2.05) is 18.2 Å². The van der Waals surface area contributed by atoms with Crippen LogP contribution in [0.3, 0.4) is 0 Å². The van der Waals surface area contributed by atoms with Gasteiger partial charge in [-0.1, -0.05) is 23.8 Å². The maximum absolute atomic E-state index is 5.88. The van der Waals surface area contributed by atoms with E-state index in [1.165, 1.54) is 0 Å². The molecule has 0 bridgehead atoms. The summed E-state index contributed by atoms with van der Waals surface area (Å²) in [5, 5.41) is 6.86. The SMILES string of the molecule is COc1ccc(OC)c(-c2cc(Cl)n[nH]c2=S)c1. The Bertz CT molecular complexity index is 628. The number of benzene rings is 1. The highest BCUT2D eigenvalue weighted by Gasteiger charge is 2.10. The molecule has 0 spiro atoms. The number of halogens is 1. The van der Waals surface area contributed by atoms with Crippen LogP contribution in [0.25, 0.3) is 11.1 Å². The van der Waals surface area contributed by atoms with Crippen molar-refractivity contribution in [2.45, 2.75) is 0 Å². The molecule has 0 atom stereocenters. The summed E-state index contributed by atoms with van der Waals surface area (Å²) in [6.45, 7) is 0. The minimum absolute atomic E-state index is 0.337. The van der Waals surface area contributed by atoms with E-state index in [2.05, 4.69) is 10.2 Å². The average molecular weight is 283 g/mol. The number of nitrogens with one attached hydrogen (secondary N) is 1. The van der Waals surface area contributed by atoms with Crippen LogP contribution in [0.15, 0.2) is 24.3 Å². The average Bonchev–Trinajstić information content (AvgIpc) is 2.40. The van der Waals surface area contributed by atoms with Gasteiger partial charge >= 0.3 is 0 Å². The number of rotatable bonds is 3. The van der Waals surface area contributed by atoms with Crippen molar-refractivity contribution in [3.05, 3.63) is 34.1 Å². The van der Waals surface area contributed by atoms with Gasteiger partial charge in [-0.05, 0) is 24.3 Å². The van der Waals surface area contributed by atoms with Crippen LogP contribution in [-0.2, 0) is 0 Å². The second-order valence-corrected chi connectivity index (χ2v) is 4.30. The molecule has 1 N–H and O–H groups in total. The van der Waals surface area contributed by atoms with Gasteiger partial charge in [0, 0.05) is 11.1 Å². The van der Waals surface area contributed by atoms with Crippen LogP contribution < -0.4 is 9.47 Å². The summed E-state index contributed by atoms with van der Waals surface area (Å²) in [4.78, 5) is 0. The quantitative estimate of drug-likeness (QED) is 0.876. The first-order chi connectivity index (χ1) is 8.65. The van der Waals surface area contributed by atoms with Gasteiger partial charge in [0.15, 0.2) is 0 Å². The molecule has 18 heavy (non-hydrogen) atoms. The number of methoxy groups -OCH3 is 2. The smallest absolute Gasteiger partial charge is 0.150 e. The summed E-state index contributed by atoms with van der Waals surface area (Å²) in [6, 6.07) is 7.17. The van der Waals surface area contributed by atoms with Gasteiger partial charge in [-0.25, -0.2) is 0 Å². The Morgan fingerprint density at radius 3 is 2.61 bits per heavy atom.